The van der Waals surface area contributed by atoms with Gasteiger partial charge in [-0.05, 0) is 11.6 Å². The van der Waals surface area contributed by atoms with Crippen molar-refractivity contribution in [1.82, 2.24) is 5.32 Å². The molecule has 0 bridgehead atoms. The zero-order valence-electron chi connectivity index (χ0n) is 7.81. The lowest BCUT2D eigenvalue weighted by Gasteiger charge is -2.23. The van der Waals surface area contributed by atoms with E-state index in [1.54, 1.807) is 0 Å². The average molecular weight is 187 g/mol. The Balaban J connectivity index is 2.26. The summed E-state index contributed by atoms with van der Waals surface area (Å²) in [7, 11) is 0. The maximum absolute atomic E-state index is 8.91. The van der Waals surface area contributed by atoms with Crippen LogP contribution < -0.4 is 5.32 Å². The molecule has 14 heavy (non-hydrogen) atoms. The van der Waals surface area contributed by atoms with E-state index in [2.05, 4.69) is 11.4 Å². The first-order valence-electron chi connectivity index (χ1n) is 4.65. The molecule has 0 aromatic heterocycles. The molecule has 1 radical (unpaired) electrons. The van der Waals surface area contributed by atoms with Gasteiger partial charge in [0, 0.05) is 13.1 Å². The van der Waals surface area contributed by atoms with Gasteiger partial charge in [-0.1, -0.05) is 18.2 Å². The highest BCUT2D eigenvalue weighted by atomic mass is 16.5. The van der Waals surface area contributed by atoms with Gasteiger partial charge < -0.3 is 4.74 Å². The summed E-state index contributed by atoms with van der Waals surface area (Å²) in [5.41, 5.74) is 1.65. The smallest absolute Gasteiger partial charge is 0.0995 e. The second-order valence-electron chi connectivity index (χ2n) is 3.19. The van der Waals surface area contributed by atoms with Gasteiger partial charge in [-0.3, -0.25) is 0 Å². The number of hydrogen-bond donors (Lipinski definition) is 0. The Kier molecular flexibility index (Phi) is 2.78. The van der Waals surface area contributed by atoms with Crippen LogP contribution >= 0.6 is 0 Å². The summed E-state index contributed by atoms with van der Waals surface area (Å²) >= 11 is 0. The van der Waals surface area contributed by atoms with E-state index in [0.29, 0.717) is 18.7 Å². The summed E-state index contributed by atoms with van der Waals surface area (Å²) in [4.78, 5) is 0. The lowest BCUT2D eigenvalue weighted by atomic mass is 10.0. The zero-order valence-corrected chi connectivity index (χ0v) is 7.81. The molecular weight excluding hydrogens is 176 g/mol. The van der Waals surface area contributed by atoms with E-state index in [-0.39, 0.29) is 6.10 Å². The fraction of sp³-hybridized carbons (Fsp3) is 0.364. The van der Waals surface area contributed by atoms with Crippen LogP contribution in [0.2, 0.25) is 0 Å². The average Bonchev–Trinajstić information content (AvgIpc) is 2.30. The highest BCUT2D eigenvalue weighted by Gasteiger charge is 2.18. The summed E-state index contributed by atoms with van der Waals surface area (Å²) in [6, 6.07) is 9.71. The number of nitriles is 1. The molecule has 1 unspecified atom stereocenters. The molecule has 1 aliphatic heterocycles. The third-order valence-electron chi connectivity index (χ3n) is 2.29. The molecule has 1 aromatic carbocycles. The first kappa shape index (κ1) is 9.20. The van der Waals surface area contributed by atoms with Crippen LogP contribution in [-0.2, 0) is 4.74 Å². The molecule has 0 aliphatic carbocycles. The molecule has 1 heterocycles. The van der Waals surface area contributed by atoms with Gasteiger partial charge >= 0.3 is 0 Å². The molecule has 1 saturated heterocycles. The number of benzene rings is 1. The molecule has 2 rings (SSSR count). The molecule has 0 amide bonds. The van der Waals surface area contributed by atoms with Gasteiger partial charge in [0.05, 0.1) is 24.3 Å². The van der Waals surface area contributed by atoms with E-state index in [1.807, 2.05) is 24.3 Å². The molecule has 1 fully saturated rings. The van der Waals surface area contributed by atoms with E-state index in [1.165, 1.54) is 0 Å². The number of rotatable bonds is 1. The molecule has 0 saturated carbocycles. The van der Waals surface area contributed by atoms with Crippen molar-refractivity contribution in [3.05, 3.63) is 35.4 Å². The minimum atomic E-state index is -0.0281. The topological polar surface area (TPSA) is 47.1 Å². The predicted molar refractivity (Wildman–Crippen MR) is 51.7 cm³/mol. The molecule has 1 aromatic rings. The van der Waals surface area contributed by atoms with Gasteiger partial charge in [-0.15, -0.1) is 0 Å². The van der Waals surface area contributed by atoms with E-state index in [9.17, 15) is 0 Å². The Morgan fingerprint density at radius 3 is 3.00 bits per heavy atom. The van der Waals surface area contributed by atoms with Crippen LogP contribution in [0.4, 0.5) is 0 Å². The Morgan fingerprint density at radius 1 is 1.43 bits per heavy atom. The van der Waals surface area contributed by atoms with Gasteiger partial charge in [0.2, 0.25) is 0 Å². The molecule has 3 nitrogen and oxygen atoms in total. The van der Waals surface area contributed by atoms with Gasteiger partial charge in [-0.2, -0.15) is 5.26 Å². The van der Waals surface area contributed by atoms with Crippen molar-refractivity contribution in [1.29, 1.82) is 5.26 Å². The standard InChI is InChI=1S/C11H11N2O/c12-7-9-3-1-2-4-10(9)11-8-13-5-6-14-11/h1-4,11H,5-6,8H2. The maximum atomic E-state index is 8.91. The van der Waals surface area contributed by atoms with Gasteiger partial charge in [0.25, 0.3) is 0 Å². The van der Waals surface area contributed by atoms with Crippen LogP contribution in [0, 0.1) is 11.3 Å². The van der Waals surface area contributed by atoms with E-state index in [4.69, 9.17) is 10.00 Å². The zero-order chi connectivity index (χ0) is 9.80. The van der Waals surface area contributed by atoms with Crippen molar-refractivity contribution < 1.29 is 4.74 Å². The van der Waals surface area contributed by atoms with Crippen LogP contribution in [0.25, 0.3) is 0 Å². The minimum Gasteiger partial charge on any atom is -0.371 e. The van der Waals surface area contributed by atoms with Gasteiger partial charge in [-0.25, -0.2) is 5.32 Å². The molecule has 1 aliphatic rings. The minimum absolute atomic E-state index is 0.0281. The van der Waals surface area contributed by atoms with Crippen LogP contribution in [0.5, 0.6) is 0 Å². The lowest BCUT2D eigenvalue weighted by Crippen LogP contribution is -2.28. The molecule has 3 heteroatoms. The molecule has 1 atom stereocenters. The van der Waals surface area contributed by atoms with Gasteiger partial charge in [0.1, 0.15) is 0 Å². The largest absolute Gasteiger partial charge is 0.371 e. The maximum Gasteiger partial charge on any atom is 0.0995 e. The monoisotopic (exact) mass is 187 g/mol. The van der Waals surface area contributed by atoms with E-state index < -0.39 is 0 Å². The fourth-order valence-corrected chi connectivity index (χ4v) is 1.59. The van der Waals surface area contributed by atoms with Crippen molar-refractivity contribution in [2.45, 2.75) is 6.10 Å². The summed E-state index contributed by atoms with van der Waals surface area (Å²) in [5, 5.41) is 13.2. The Labute approximate surface area is 83.3 Å². The van der Waals surface area contributed by atoms with Crippen LogP contribution in [0.15, 0.2) is 24.3 Å². The summed E-state index contributed by atoms with van der Waals surface area (Å²) < 4.78 is 5.56. The number of ether oxygens (including phenoxy) is 1. The predicted octanol–water partition coefficient (Wildman–Crippen LogP) is 1.23. The first-order chi connectivity index (χ1) is 6.92. The molecule has 0 N–H and O–H groups in total. The molecule has 0 spiro atoms. The van der Waals surface area contributed by atoms with Crippen molar-refractivity contribution >= 4 is 0 Å². The summed E-state index contributed by atoms with van der Waals surface area (Å²) in [6.07, 6.45) is -0.0281. The lowest BCUT2D eigenvalue weighted by molar-refractivity contribution is 0.0259. The summed E-state index contributed by atoms with van der Waals surface area (Å²) in [6.45, 7) is 2.09. The second kappa shape index (κ2) is 4.23. The number of nitrogens with zero attached hydrogens (tertiary/aromatic N) is 2. The number of hydrogen-bond acceptors (Lipinski definition) is 2. The third kappa shape index (κ3) is 1.77. The highest BCUT2D eigenvalue weighted by molar-refractivity contribution is 5.39. The van der Waals surface area contributed by atoms with Crippen LogP contribution in [0.3, 0.4) is 0 Å². The normalized spacial score (nSPS) is 21.5. The highest BCUT2D eigenvalue weighted by Crippen LogP contribution is 2.22. The third-order valence-corrected chi connectivity index (χ3v) is 2.29. The SMILES string of the molecule is N#Cc1ccccc1C1C[N]CCO1. The Bertz CT molecular complexity index is 351. The van der Waals surface area contributed by atoms with Crippen molar-refractivity contribution in [2.24, 2.45) is 0 Å². The van der Waals surface area contributed by atoms with Crippen molar-refractivity contribution in [3.63, 3.8) is 0 Å². The first-order valence-corrected chi connectivity index (χ1v) is 4.65. The fourth-order valence-electron chi connectivity index (χ4n) is 1.59. The Morgan fingerprint density at radius 2 is 2.29 bits per heavy atom. The quantitative estimate of drug-likeness (QED) is 0.664. The van der Waals surface area contributed by atoms with Gasteiger partial charge in [0.15, 0.2) is 0 Å². The van der Waals surface area contributed by atoms with Crippen LogP contribution in [0.1, 0.15) is 17.2 Å². The number of morpholine rings is 1. The van der Waals surface area contributed by atoms with E-state index >= 15 is 0 Å². The summed E-state index contributed by atoms with van der Waals surface area (Å²) in [5.74, 6) is 0. The molecule has 71 valence electrons. The second-order valence-corrected chi connectivity index (χ2v) is 3.19. The molecular formula is C11H11N2O. The van der Waals surface area contributed by atoms with E-state index in [0.717, 1.165) is 12.1 Å². The van der Waals surface area contributed by atoms with Crippen molar-refractivity contribution in [3.8, 4) is 6.07 Å². The van der Waals surface area contributed by atoms with Crippen LogP contribution in [-0.4, -0.2) is 19.7 Å². The van der Waals surface area contributed by atoms with Crippen molar-refractivity contribution in [2.75, 3.05) is 19.7 Å². The Hall–Kier alpha value is -1.37.